The van der Waals surface area contributed by atoms with Crippen LogP contribution >= 0.6 is 12.4 Å². The maximum absolute atomic E-state index is 13.5. The topological polar surface area (TPSA) is 89.9 Å². The number of benzene rings is 1. The number of nitrogen functional groups attached to an aromatic ring is 1. The van der Waals surface area contributed by atoms with Gasteiger partial charge >= 0.3 is 0 Å². The fraction of sp³-hybridized carbons (Fsp3) is 0.278. The fourth-order valence-electron chi connectivity index (χ4n) is 2.83. The van der Waals surface area contributed by atoms with Gasteiger partial charge in [0.25, 0.3) is 0 Å². The Kier molecular flexibility index (Phi) is 4.57. The van der Waals surface area contributed by atoms with E-state index in [1.54, 1.807) is 23.7 Å². The summed E-state index contributed by atoms with van der Waals surface area (Å²) >= 11 is 0. The Balaban J connectivity index is 0.00000196. The van der Waals surface area contributed by atoms with Crippen molar-refractivity contribution in [1.82, 2.24) is 19.5 Å². The van der Waals surface area contributed by atoms with Crippen LogP contribution < -0.4 is 5.73 Å². The van der Waals surface area contributed by atoms with Crippen molar-refractivity contribution in [3.05, 3.63) is 35.9 Å². The maximum Gasteiger partial charge on any atom is 0.209 e. The molecule has 4 rings (SSSR count). The third-order valence-corrected chi connectivity index (χ3v) is 4.42. The summed E-state index contributed by atoms with van der Waals surface area (Å²) in [7, 11) is 1.78. The maximum atomic E-state index is 13.5. The van der Waals surface area contributed by atoms with Gasteiger partial charge in [0.15, 0.2) is 17.0 Å². The number of nitrogens with two attached hydrogens (primary N) is 1. The molecule has 0 unspecified atom stereocenters. The van der Waals surface area contributed by atoms with Gasteiger partial charge in [-0.15, -0.1) is 12.4 Å². The lowest BCUT2D eigenvalue weighted by atomic mass is 9.81. The third-order valence-electron chi connectivity index (χ3n) is 4.42. The molecule has 0 spiro atoms. The molecule has 1 aliphatic carbocycles. The van der Waals surface area contributed by atoms with E-state index < -0.39 is 5.60 Å². The van der Waals surface area contributed by atoms with Crippen LogP contribution in [-0.4, -0.2) is 30.2 Å². The number of aromatic nitrogens is 4. The molecule has 0 radical (unpaired) electrons. The van der Waals surface area contributed by atoms with Gasteiger partial charge in [-0.1, -0.05) is 18.1 Å². The Morgan fingerprint density at radius 3 is 2.69 bits per heavy atom. The van der Waals surface area contributed by atoms with Crippen molar-refractivity contribution in [3.63, 3.8) is 0 Å². The van der Waals surface area contributed by atoms with Gasteiger partial charge in [-0.3, -0.25) is 0 Å². The van der Waals surface area contributed by atoms with Gasteiger partial charge in [0, 0.05) is 12.6 Å². The van der Waals surface area contributed by atoms with Crippen LogP contribution in [0, 0.1) is 17.7 Å². The molecule has 0 bridgehead atoms. The molecule has 1 saturated carbocycles. The predicted octanol–water partition coefficient (Wildman–Crippen LogP) is 2.44. The molecule has 2 aromatic heterocycles. The van der Waals surface area contributed by atoms with Gasteiger partial charge in [-0.25, -0.2) is 19.3 Å². The predicted molar refractivity (Wildman–Crippen MR) is 99.0 cm³/mol. The molecule has 134 valence electrons. The summed E-state index contributed by atoms with van der Waals surface area (Å²) in [5.74, 6) is 6.25. The van der Waals surface area contributed by atoms with E-state index in [1.165, 1.54) is 12.1 Å². The Morgan fingerprint density at radius 1 is 1.27 bits per heavy atom. The normalized spacial score (nSPS) is 14.9. The van der Waals surface area contributed by atoms with Crippen molar-refractivity contribution >= 4 is 29.4 Å². The third kappa shape index (κ3) is 3.09. The first-order chi connectivity index (χ1) is 12.0. The number of aryl methyl sites for hydroxylation is 1. The number of halogens is 2. The minimum Gasteiger partial charge on any atom is -0.382 e. The molecule has 1 fully saturated rings. The first kappa shape index (κ1) is 18.1. The Bertz CT molecular complexity index is 1050. The van der Waals surface area contributed by atoms with Crippen LogP contribution in [0.25, 0.3) is 22.6 Å². The van der Waals surface area contributed by atoms with Gasteiger partial charge in [0.2, 0.25) is 5.82 Å². The number of imidazole rings is 1. The Hall–Kier alpha value is -2.69. The van der Waals surface area contributed by atoms with Gasteiger partial charge < -0.3 is 15.4 Å². The highest BCUT2D eigenvalue weighted by Gasteiger charge is 2.32. The van der Waals surface area contributed by atoms with E-state index in [9.17, 15) is 9.50 Å². The van der Waals surface area contributed by atoms with Gasteiger partial charge in [-0.05, 0) is 37.3 Å². The molecule has 26 heavy (non-hydrogen) atoms. The smallest absolute Gasteiger partial charge is 0.209 e. The van der Waals surface area contributed by atoms with Crippen LogP contribution in [0.15, 0.2) is 24.3 Å². The zero-order valence-corrected chi connectivity index (χ0v) is 14.8. The number of rotatable bonds is 1. The van der Waals surface area contributed by atoms with Crippen LogP contribution in [0.1, 0.15) is 25.1 Å². The van der Waals surface area contributed by atoms with Crippen LogP contribution in [0.4, 0.5) is 10.2 Å². The van der Waals surface area contributed by atoms with Crippen LogP contribution in [-0.2, 0) is 7.05 Å². The van der Waals surface area contributed by atoms with E-state index in [0.29, 0.717) is 35.4 Å². The van der Waals surface area contributed by atoms with Crippen LogP contribution in [0.3, 0.4) is 0 Å². The van der Waals surface area contributed by atoms with Gasteiger partial charge in [0.05, 0.1) is 0 Å². The van der Waals surface area contributed by atoms with E-state index in [2.05, 4.69) is 26.8 Å². The Morgan fingerprint density at radius 2 is 2.04 bits per heavy atom. The second-order valence-corrected chi connectivity index (χ2v) is 6.24. The summed E-state index contributed by atoms with van der Waals surface area (Å²) in [5, 5.41) is 10.1. The standard InChI is InChI=1S/C18H16FN5O.ClH/c1-24-16(11-4-2-5-12(19)10-11)23-14-15(20)21-13(22-17(14)24)6-9-18(25)7-3-8-18;/h2,4-5,10,25H,3,7-8H2,1H3,(H2,20,21,22);1H. The summed E-state index contributed by atoms with van der Waals surface area (Å²) in [6.07, 6.45) is 2.28. The van der Waals surface area contributed by atoms with Crippen molar-refractivity contribution in [2.75, 3.05) is 5.73 Å². The van der Waals surface area contributed by atoms with Crippen molar-refractivity contribution in [2.24, 2.45) is 7.05 Å². The molecule has 1 aliphatic rings. The first-order valence-corrected chi connectivity index (χ1v) is 7.97. The number of aliphatic hydroxyl groups is 1. The summed E-state index contributed by atoms with van der Waals surface area (Å²) < 4.78 is 15.2. The molecular formula is C18H17ClFN5O. The molecule has 0 amide bonds. The van der Waals surface area contributed by atoms with Crippen molar-refractivity contribution < 1.29 is 9.50 Å². The lowest BCUT2D eigenvalue weighted by molar-refractivity contribution is 0.0239. The quantitative estimate of drug-likeness (QED) is 0.639. The number of hydrogen-bond donors (Lipinski definition) is 2. The van der Waals surface area contributed by atoms with E-state index >= 15 is 0 Å². The molecule has 0 saturated heterocycles. The van der Waals surface area contributed by atoms with E-state index in [1.807, 2.05) is 0 Å². The monoisotopic (exact) mass is 373 g/mol. The zero-order valence-electron chi connectivity index (χ0n) is 14.0. The molecular weight excluding hydrogens is 357 g/mol. The lowest BCUT2D eigenvalue weighted by Gasteiger charge is -2.30. The van der Waals surface area contributed by atoms with Gasteiger partial charge in [0.1, 0.15) is 17.2 Å². The molecule has 0 aliphatic heterocycles. The number of nitrogens with zero attached hydrogens (tertiary/aromatic N) is 4. The highest BCUT2D eigenvalue weighted by Crippen LogP contribution is 2.30. The molecule has 6 nitrogen and oxygen atoms in total. The minimum atomic E-state index is -0.938. The van der Waals surface area contributed by atoms with E-state index in [-0.39, 0.29) is 29.9 Å². The number of hydrogen-bond acceptors (Lipinski definition) is 5. The first-order valence-electron chi connectivity index (χ1n) is 7.97. The second-order valence-electron chi connectivity index (χ2n) is 6.24. The molecule has 3 N–H and O–H groups in total. The summed E-state index contributed by atoms with van der Waals surface area (Å²) in [6.45, 7) is 0. The largest absolute Gasteiger partial charge is 0.382 e. The van der Waals surface area contributed by atoms with Crippen molar-refractivity contribution in [1.29, 1.82) is 0 Å². The SMILES string of the molecule is Cl.Cn1c(-c2cccc(F)c2)nc2c(N)nc(C#CC3(O)CCC3)nc21. The van der Waals surface area contributed by atoms with Crippen LogP contribution in [0.5, 0.6) is 0 Å². The fourth-order valence-corrected chi connectivity index (χ4v) is 2.83. The molecule has 2 heterocycles. The summed E-state index contributed by atoms with van der Waals surface area (Å²) in [5.41, 5.74) is 6.64. The highest BCUT2D eigenvalue weighted by molar-refractivity contribution is 5.86. The number of fused-ring (bicyclic) bond motifs is 1. The highest BCUT2D eigenvalue weighted by atomic mass is 35.5. The molecule has 8 heteroatoms. The molecule has 3 aromatic rings. The van der Waals surface area contributed by atoms with E-state index in [0.717, 1.165) is 6.42 Å². The number of anilines is 1. The summed E-state index contributed by atoms with van der Waals surface area (Å²) in [4.78, 5) is 13.0. The average Bonchev–Trinajstić information content (AvgIpc) is 2.89. The minimum absolute atomic E-state index is 0. The second kappa shape index (κ2) is 6.56. The van der Waals surface area contributed by atoms with Crippen LogP contribution in [0.2, 0.25) is 0 Å². The van der Waals surface area contributed by atoms with Gasteiger partial charge in [-0.2, -0.15) is 0 Å². The average molecular weight is 374 g/mol. The van der Waals surface area contributed by atoms with Crippen molar-refractivity contribution in [3.8, 4) is 23.2 Å². The Labute approximate surface area is 155 Å². The van der Waals surface area contributed by atoms with E-state index in [4.69, 9.17) is 5.73 Å². The van der Waals surface area contributed by atoms with Crippen molar-refractivity contribution in [2.45, 2.75) is 24.9 Å². The summed E-state index contributed by atoms with van der Waals surface area (Å²) in [6, 6.07) is 6.16. The molecule has 0 atom stereocenters. The molecule has 1 aromatic carbocycles. The lowest BCUT2D eigenvalue weighted by Crippen LogP contribution is -2.34. The zero-order chi connectivity index (χ0) is 17.6.